The van der Waals surface area contributed by atoms with Gasteiger partial charge in [0.25, 0.3) is 0 Å². The first kappa shape index (κ1) is 17.2. The van der Waals surface area contributed by atoms with E-state index < -0.39 is 24.5 Å². The summed E-state index contributed by atoms with van der Waals surface area (Å²) in [5.41, 5.74) is 0.579. The number of hydrogen-bond donors (Lipinski definition) is 0. The number of halogens is 3. The van der Waals surface area contributed by atoms with Crippen LogP contribution in [0.1, 0.15) is 18.4 Å². The molecule has 1 aromatic rings. The van der Waals surface area contributed by atoms with Crippen LogP contribution in [-0.2, 0) is 4.79 Å². The monoisotopic (exact) mass is 329 g/mol. The zero-order chi connectivity index (χ0) is 17.0. The van der Waals surface area contributed by atoms with Crippen LogP contribution in [0.15, 0.2) is 30.9 Å². The first-order valence-corrected chi connectivity index (χ1v) is 7.18. The second-order valence-corrected chi connectivity index (χ2v) is 5.25. The molecule has 0 aliphatic carbocycles. The van der Waals surface area contributed by atoms with E-state index in [-0.39, 0.29) is 6.54 Å². The second-order valence-electron chi connectivity index (χ2n) is 5.25. The average molecular weight is 329 g/mol. The Morgan fingerprint density at radius 1 is 1.35 bits per heavy atom. The van der Waals surface area contributed by atoms with E-state index in [4.69, 9.17) is 9.47 Å². The number of hydrogen-bond acceptors (Lipinski definition) is 3. The summed E-state index contributed by atoms with van der Waals surface area (Å²) in [4.78, 5) is 13.1. The van der Waals surface area contributed by atoms with Crippen LogP contribution < -0.4 is 9.47 Å². The molecular formula is C16H18F3NO3. The highest BCUT2D eigenvalue weighted by molar-refractivity contribution is 5.83. The zero-order valence-electron chi connectivity index (χ0n) is 12.7. The maximum atomic E-state index is 12.6. The summed E-state index contributed by atoms with van der Waals surface area (Å²) in [5, 5.41) is 0. The summed E-state index contributed by atoms with van der Waals surface area (Å²) in [5.74, 6) is -0.274. The summed E-state index contributed by atoms with van der Waals surface area (Å²) >= 11 is 0. The van der Waals surface area contributed by atoms with Crippen molar-refractivity contribution in [1.82, 2.24) is 4.90 Å². The molecule has 1 unspecified atom stereocenters. The van der Waals surface area contributed by atoms with E-state index in [2.05, 4.69) is 6.58 Å². The van der Waals surface area contributed by atoms with Crippen LogP contribution in [0.25, 0.3) is 0 Å². The third kappa shape index (κ3) is 4.40. The molecule has 1 aliphatic rings. The Bertz CT molecular complexity index is 586. The number of carbonyl (C=O) groups is 1. The van der Waals surface area contributed by atoms with E-state index >= 15 is 0 Å². The first-order chi connectivity index (χ1) is 10.8. The van der Waals surface area contributed by atoms with Crippen molar-refractivity contribution in [2.75, 3.05) is 26.3 Å². The highest BCUT2D eigenvalue weighted by Gasteiger charge is 2.34. The molecule has 0 bridgehead atoms. The molecule has 2 rings (SSSR count). The number of nitrogens with zero attached hydrogens (tertiary/aromatic N) is 1. The van der Waals surface area contributed by atoms with Crippen molar-refractivity contribution in [3.8, 4) is 11.5 Å². The fraction of sp³-hybridized carbons (Fsp3) is 0.438. The number of carbonyl (C=O) groups excluding carboxylic acids is 1. The SMILES string of the molecule is C=CCN(CC(F)(F)F)C(=O)C(C)c1ccc2c(c1)OCCO2. The molecule has 1 aliphatic heterocycles. The standard InChI is InChI=1S/C16H18F3NO3/c1-3-6-20(10-16(17,18)19)15(21)11(2)12-4-5-13-14(9-12)23-8-7-22-13/h3-5,9,11H,1,6-8,10H2,2H3. The van der Waals surface area contributed by atoms with Gasteiger partial charge in [-0.05, 0) is 24.6 Å². The van der Waals surface area contributed by atoms with E-state index in [1.54, 1.807) is 25.1 Å². The molecule has 0 N–H and O–H groups in total. The molecule has 1 aromatic carbocycles. The summed E-state index contributed by atoms with van der Waals surface area (Å²) < 4.78 is 48.7. The smallest absolute Gasteiger partial charge is 0.406 e. The van der Waals surface area contributed by atoms with E-state index in [1.165, 1.54) is 6.08 Å². The van der Waals surface area contributed by atoms with E-state index in [9.17, 15) is 18.0 Å². The number of rotatable bonds is 5. The van der Waals surface area contributed by atoms with Gasteiger partial charge in [-0.3, -0.25) is 4.79 Å². The maximum absolute atomic E-state index is 12.6. The summed E-state index contributed by atoms with van der Waals surface area (Å²) in [6.45, 7) is 4.36. The van der Waals surface area contributed by atoms with Crippen LogP contribution in [0.5, 0.6) is 11.5 Å². The Morgan fingerprint density at radius 2 is 2.00 bits per heavy atom. The van der Waals surface area contributed by atoms with Gasteiger partial charge in [0.1, 0.15) is 19.8 Å². The third-order valence-corrected chi connectivity index (χ3v) is 3.47. The highest BCUT2D eigenvalue weighted by Crippen LogP contribution is 2.33. The van der Waals surface area contributed by atoms with E-state index in [1.807, 2.05) is 0 Å². The molecule has 126 valence electrons. The molecule has 0 spiro atoms. The van der Waals surface area contributed by atoms with Crippen LogP contribution in [0.3, 0.4) is 0 Å². The summed E-state index contributed by atoms with van der Waals surface area (Å²) in [6, 6.07) is 4.96. The minimum atomic E-state index is -4.45. The minimum Gasteiger partial charge on any atom is -0.486 e. The number of alkyl halides is 3. The molecule has 23 heavy (non-hydrogen) atoms. The Morgan fingerprint density at radius 3 is 2.61 bits per heavy atom. The molecule has 0 aromatic heterocycles. The van der Waals surface area contributed by atoms with Crippen molar-refractivity contribution in [3.05, 3.63) is 36.4 Å². The van der Waals surface area contributed by atoms with Gasteiger partial charge in [0.2, 0.25) is 5.91 Å². The Hall–Kier alpha value is -2.18. The van der Waals surface area contributed by atoms with Gasteiger partial charge in [-0.2, -0.15) is 13.2 Å². The molecule has 1 amide bonds. The van der Waals surface area contributed by atoms with Crippen molar-refractivity contribution in [3.63, 3.8) is 0 Å². The van der Waals surface area contributed by atoms with Gasteiger partial charge in [-0.25, -0.2) is 0 Å². The van der Waals surface area contributed by atoms with E-state index in [0.29, 0.717) is 30.3 Å². The van der Waals surface area contributed by atoms with Gasteiger partial charge in [0.15, 0.2) is 11.5 Å². The lowest BCUT2D eigenvalue weighted by Gasteiger charge is -2.26. The topological polar surface area (TPSA) is 38.8 Å². The van der Waals surface area contributed by atoms with Crippen LogP contribution in [-0.4, -0.2) is 43.3 Å². The summed E-state index contributed by atoms with van der Waals surface area (Å²) in [7, 11) is 0. The minimum absolute atomic E-state index is 0.159. The van der Waals surface area contributed by atoms with Gasteiger partial charge >= 0.3 is 6.18 Å². The van der Waals surface area contributed by atoms with Gasteiger partial charge < -0.3 is 14.4 Å². The molecule has 1 atom stereocenters. The molecule has 0 fully saturated rings. The lowest BCUT2D eigenvalue weighted by molar-refractivity contribution is -0.160. The largest absolute Gasteiger partial charge is 0.486 e. The van der Waals surface area contributed by atoms with Gasteiger partial charge in [-0.15, -0.1) is 6.58 Å². The van der Waals surface area contributed by atoms with Crippen LogP contribution in [0.2, 0.25) is 0 Å². The van der Waals surface area contributed by atoms with Gasteiger partial charge in [0, 0.05) is 6.54 Å². The molecule has 7 heteroatoms. The average Bonchev–Trinajstić information content (AvgIpc) is 2.51. The predicted molar refractivity (Wildman–Crippen MR) is 78.7 cm³/mol. The Kier molecular flexibility index (Phi) is 5.18. The van der Waals surface area contributed by atoms with Crippen LogP contribution in [0, 0.1) is 0 Å². The molecule has 4 nitrogen and oxygen atoms in total. The lowest BCUT2D eigenvalue weighted by atomic mass is 9.99. The fourth-order valence-corrected chi connectivity index (χ4v) is 2.35. The van der Waals surface area contributed by atoms with Crippen LogP contribution >= 0.6 is 0 Å². The number of benzene rings is 1. The van der Waals surface area contributed by atoms with Crippen molar-refractivity contribution in [2.24, 2.45) is 0 Å². The van der Waals surface area contributed by atoms with Gasteiger partial charge in [0.05, 0.1) is 5.92 Å². The molecule has 0 saturated carbocycles. The maximum Gasteiger partial charge on any atom is 0.406 e. The lowest BCUT2D eigenvalue weighted by Crippen LogP contribution is -2.41. The quantitative estimate of drug-likeness (QED) is 0.779. The first-order valence-electron chi connectivity index (χ1n) is 7.18. The van der Waals surface area contributed by atoms with Gasteiger partial charge in [-0.1, -0.05) is 12.1 Å². The second kappa shape index (κ2) is 6.93. The fourth-order valence-electron chi connectivity index (χ4n) is 2.35. The van der Waals surface area contributed by atoms with Crippen molar-refractivity contribution in [2.45, 2.75) is 19.0 Å². The molecule has 0 saturated heterocycles. The molecular weight excluding hydrogens is 311 g/mol. The molecule has 0 radical (unpaired) electrons. The van der Waals surface area contributed by atoms with Crippen molar-refractivity contribution < 1.29 is 27.4 Å². The number of amides is 1. The summed E-state index contributed by atoms with van der Waals surface area (Å²) in [6.07, 6.45) is -3.18. The van der Waals surface area contributed by atoms with Crippen LogP contribution in [0.4, 0.5) is 13.2 Å². The molecule has 1 heterocycles. The number of fused-ring (bicyclic) bond motifs is 1. The van der Waals surface area contributed by atoms with E-state index in [0.717, 1.165) is 4.90 Å². The normalized spacial score (nSPS) is 15.0. The number of ether oxygens (including phenoxy) is 2. The van der Waals surface area contributed by atoms with Crippen molar-refractivity contribution >= 4 is 5.91 Å². The zero-order valence-corrected chi connectivity index (χ0v) is 12.7. The third-order valence-electron chi connectivity index (χ3n) is 3.47. The Balaban J connectivity index is 2.18. The predicted octanol–water partition coefficient (Wildman–Crippen LogP) is 3.14. The highest BCUT2D eigenvalue weighted by atomic mass is 19.4. The Labute approximate surface area is 132 Å². The van der Waals surface area contributed by atoms with Crippen molar-refractivity contribution in [1.29, 1.82) is 0 Å².